The number of aromatic nitrogens is 4. The molecule has 0 radical (unpaired) electrons. The van der Waals surface area contributed by atoms with Gasteiger partial charge in [0.1, 0.15) is 11.6 Å². The van der Waals surface area contributed by atoms with E-state index in [0.717, 1.165) is 62.1 Å². The summed E-state index contributed by atoms with van der Waals surface area (Å²) in [5.74, 6) is 2.25. The average Bonchev–Trinajstić information content (AvgIpc) is 3.19. The fourth-order valence-electron chi connectivity index (χ4n) is 3.30. The molecule has 0 aliphatic carbocycles. The summed E-state index contributed by atoms with van der Waals surface area (Å²) in [4.78, 5) is 11.4. The molecule has 2 aromatic rings. The molecule has 6 nitrogen and oxygen atoms in total. The molecule has 1 aliphatic rings. The van der Waals surface area contributed by atoms with Crippen molar-refractivity contribution < 1.29 is 4.74 Å². The first-order chi connectivity index (χ1) is 11.5. The molecule has 0 saturated carbocycles. The summed E-state index contributed by atoms with van der Waals surface area (Å²) in [5.41, 5.74) is 4.74. The second-order valence-electron chi connectivity index (χ2n) is 6.70. The summed E-state index contributed by atoms with van der Waals surface area (Å²) in [7, 11) is 2.10. The molecule has 0 spiro atoms. The third kappa shape index (κ3) is 3.75. The Labute approximate surface area is 143 Å². The number of nitrogens with one attached hydrogen (secondary N) is 1. The lowest BCUT2D eigenvalue weighted by Crippen LogP contribution is -2.21. The SMILES string of the molecule is Cc1nc([C@H]2CCOC2)cc(N(C)CCCc2c(C)n[nH]c2C)n1. The molecule has 0 bridgehead atoms. The maximum atomic E-state index is 5.50. The summed E-state index contributed by atoms with van der Waals surface area (Å²) < 4.78 is 5.50. The fraction of sp³-hybridized carbons (Fsp3) is 0.611. The van der Waals surface area contributed by atoms with Crippen LogP contribution in [0.15, 0.2) is 6.07 Å². The molecule has 3 rings (SSSR count). The molecule has 24 heavy (non-hydrogen) atoms. The van der Waals surface area contributed by atoms with E-state index in [1.54, 1.807) is 0 Å². The first-order valence-electron chi connectivity index (χ1n) is 8.69. The van der Waals surface area contributed by atoms with Crippen molar-refractivity contribution in [3.63, 3.8) is 0 Å². The lowest BCUT2D eigenvalue weighted by atomic mass is 10.0. The van der Waals surface area contributed by atoms with Crippen molar-refractivity contribution in [2.75, 3.05) is 31.7 Å². The van der Waals surface area contributed by atoms with Crippen LogP contribution in [0.5, 0.6) is 0 Å². The van der Waals surface area contributed by atoms with Crippen molar-refractivity contribution >= 4 is 5.82 Å². The van der Waals surface area contributed by atoms with E-state index in [-0.39, 0.29) is 0 Å². The van der Waals surface area contributed by atoms with Gasteiger partial charge >= 0.3 is 0 Å². The van der Waals surface area contributed by atoms with Crippen LogP contribution in [0.4, 0.5) is 5.82 Å². The fourth-order valence-corrected chi connectivity index (χ4v) is 3.30. The number of hydrogen-bond donors (Lipinski definition) is 1. The van der Waals surface area contributed by atoms with Crippen LogP contribution in [-0.4, -0.2) is 47.0 Å². The van der Waals surface area contributed by atoms with Gasteiger partial charge in [-0.05, 0) is 45.6 Å². The number of aryl methyl sites for hydroxylation is 3. The minimum Gasteiger partial charge on any atom is -0.381 e. The molecular formula is C18H27N5O. The number of anilines is 1. The molecule has 2 aromatic heterocycles. The van der Waals surface area contributed by atoms with Crippen LogP contribution in [0.3, 0.4) is 0 Å². The number of hydrogen-bond acceptors (Lipinski definition) is 5. The van der Waals surface area contributed by atoms with Crippen LogP contribution in [0, 0.1) is 20.8 Å². The van der Waals surface area contributed by atoms with Crippen molar-refractivity contribution in [3.05, 3.63) is 34.5 Å². The van der Waals surface area contributed by atoms with Gasteiger partial charge in [-0.25, -0.2) is 9.97 Å². The van der Waals surface area contributed by atoms with Gasteiger partial charge in [0.05, 0.1) is 18.0 Å². The highest BCUT2D eigenvalue weighted by atomic mass is 16.5. The summed E-state index contributed by atoms with van der Waals surface area (Å²) in [6.45, 7) is 8.69. The number of H-pyrrole nitrogens is 1. The maximum Gasteiger partial charge on any atom is 0.132 e. The predicted octanol–water partition coefficient (Wildman–Crippen LogP) is 2.70. The average molecular weight is 329 g/mol. The standard InChI is InChI=1S/C18H27N5O/c1-12-16(13(2)22-21-12)6-5-8-23(4)18-10-17(19-14(3)20-18)15-7-9-24-11-15/h10,15H,5-9,11H2,1-4H3,(H,21,22)/t15-/m0/s1. The number of nitrogens with zero attached hydrogens (tertiary/aromatic N) is 4. The Kier molecular flexibility index (Phi) is 5.14. The highest BCUT2D eigenvalue weighted by molar-refractivity contribution is 5.40. The molecule has 1 saturated heterocycles. The van der Waals surface area contributed by atoms with Gasteiger partial charge in [0.25, 0.3) is 0 Å². The van der Waals surface area contributed by atoms with E-state index >= 15 is 0 Å². The molecule has 1 atom stereocenters. The third-order valence-corrected chi connectivity index (χ3v) is 4.78. The largest absolute Gasteiger partial charge is 0.381 e. The van der Waals surface area contributed by atoms with Gasteiger partial charge < -0.3 is 9.64 Å². The lowest BCUT2D eigenvalue weighted by Gasteiger charge is -2.20. The van der Waals surface area contributed by atoms with Gasteiger partial charge in [-0.3, -0.25) is 5.10 Å². The summed E-state index contributed by atoms with van der Waals surface area (Å²) in [6.07, 6.45) is 3.16. The first-order valence-corrected chi connectivity index (χ1v) is 8.69. The van der Waals surface area contributed by atoms with Crippen LogP contribution >= 0.6 is 0 Å². The maximum absolute atomic E-state index is 5.50. The quantitative estimate of drug-likeness (QED) is 0.882. The molecule has 6 heteroatoms. The third-order valence-electron chi connectivity index (χ3n) is 4.78. The summed E-state index contributed by atoms with van der Waals surface area (Å²) >= 11 is 0. The molecule has 0 aromatic carbocycles. The van der Waals surface area contributed by atoms with Crippen LogP contribution < -0.4 is 4.90 Å². The molecule has 1 N–H and O–H groups in total. The van der Waals surface area contributed by atoms with Gasteiger partial charge in [-0.1, -0.05) is 0 Å². The molecule has 0 unspecified atom stereocenters. The van der Waals surface area contributed by atoms with Gasteiger partial charge in [0.2, 0.25) is 0 Å². The van der Waals surface area contributed by atoms with Crippen molar-refractivity contribution in [1.82, 2.24) is 20.2 Å². The molecule has 3 heterocycles. The van der Waals surface area contributed by atoms with Crippen molar-refractivity contribution in [3.8, 4) is 0 Å². The van der Waals surface area contributed by atoms with Gasteiger partial charge in [0, 0.05) is 37.9 Å². The van der Waals surface area contributed by atoms with Crippen molar-refractivity contribution in [2.45, 2.75) is 46.0 Å². The van der Waals surface area contributed by atoms with E-state index in [1.807, 2.05) is 6.92 Å². The van der Waals surface area contributed by atoms with Gasteiger partial charge in [0.15, 0.2) is 0 Å². The predicted molar refractivity (Wildman–Crippen MR) is 94.6 cm³/mol. The highest BCUT2D eigenvalue weighted by Crippen LogP contribution is 2.26. The van der Waals surface area contributed by atoms with E-state index in [1.165, 1.54) is 11.3 Å². The highest BCUT2D eigenvalue weighted by Gasteiger charge is 2.20. The zero-order chi connectivity index (χ0) is 17.1. The zero-order valence-corrected chi connectivity index (χ0v) is 15.1. The molecule has 0 amide bonds. The summed E-state index contributed by atoms with van der Waals surface area (Å²) in [5, 5.41) is 7.33. The van der Waals surface area contributed by atoms with Crippen LogP contribution in [0.1, 0.15) is 47.2 Å². The van der Waals surface area contributed by atoms with Crippen molar-refractivity contribution in [2.24, 2.45) is 0 Å². The Morgan fingerprint density at radius 1 is 1.29 bits per heavy atom. The van der Waals surface area contributed by atoms with E-state index in [9.17, 15) is 0 Å². The Morgan fingerprint density at radius 2 is 2.12 bits per heavy atom. The topological polar surface area (TPSA) is 66.9 Å². The van der Waals surface area contributed by atoms with E-state index in [0.29, 0.717) is 5.92 Å². The Morgan fingerprint density at radius 3 is 2.79 bits per heavy atom. The van der Waals surface area contributed by atoms with E-state index in [2.05, 4.69) is 52.0 Å². The lowest BCUT2D eigenvalue weighted by molar-refractivity contribution is 0.193. The number of rotatable bonds is 6. The van der Waals surface area contributed by atoms with Crippen molar-refractivity contribution in [1.29, 1.82) is 0 Å². The Hall–Kier alpha value is -1.95. The van der Waals surface area contributed by atoms with Crippen LogP contribution in [0.2, 0.25) is 0 Å². The Bertz CT molecular complexity index is 671. The van der Waals surface area contributed by atoms with E-state index < -0.39 is 0 Å². The second kappa shape index (κ2) is 7.30. The minimum atomic E-state index is 0.412. The van der Waals surface area contributed by atoms with Gasteiger partial charge in [-0.15, -0.1) is 0 Å². The van der Waals surface area contributed by atoms with Crippen LogP contribution in [0.25, 0.3) is 0 Å². The Balaban J connectivity index is 1.63. The molecule has 1 fully saturated rings. The monoisotopic (exact) mass is 329 g/mol. The number of ether oxygens (including phenoxy) is 1. The van der Waals surface area contributed by atoms with Crippen LogP contribution in [-0.2, 0) is 11.2 Å². The normalized spacial score (nSPS) is 17.4. The minimum absolute atomic E-state index is 0.412. The van der Waals surface area contributed by atoms with E-state index in [4.69, 9.17) is 4.74 Å². The smallest absolute Gasteiger partial charge is 0.132 e. The van der Waals surface area contributed by atoms with Gasteiger partial charge in [-0.2, -0.15) is 5.10 Å². The molecule has 1 aliphatic heterocycles. The zero-order valence-electron chi connectivity index (χ0n) is 15.1. The summed E-state index contributed by atoms with van der Waals surface area (Å²) in [6, 6.07) is 2.13. The second-order valence-corrected chi connectivity index (χ2v) is 6.70. The molecular weight excluding hydrogens is 302 g/mol. The first kappa shape index (κ1) is 16.9. The molecule has 130 valence electrons. The number of aromatic amines is 1.